The minimum absolute atomic E-state index is 0.558. The van der Waals surface area contributed by atoms with E-state index in [-0.39, 0.29) is 0 Å². The lowest BCUT2D eigenvalue weighted by Gasteiger charge is -2.10. The molecule has 2 heterocycles. The number of allylic oxidation sites excluding steroid dienone is 4. The van der Waals surface area contributed by atoms with Crippen LogP contribution in [0.3, 0.4) is 0 Å². The maximum atomic E-state index is 6.06. The molecular weight excluding hydrogens is 222 g/mol. The van der Waals surface area contributed by atoms with Crippen molar-refractivity contribution < 1.29 is 0 Å². The second-order valence-electron chi connectivity index (χ2n) is 3.17. The molecule has 0 atom stereocenters. The van der Waals surface area contributed by atoms with Gasteiger partial charge in [-0.15, -0.1) is 0 Å². The van der Waals surface area contributed by atoms with E-state index in [0.29, 0.717) is 5.03 Å². The molecular formula is C12H10ClN3. The van der Waals surface area contributed by atoms with Crippen LogP contribution >= 0.6 is 11.6 Å². The highest BCUT2D eigenvalue weighted by Crippen LogP contribution is 2.27. The number of pyridine rings is 1. The Balaban J connectivity index is 2.44. The highest BCUT2D eigenvalue weighted by Gasteiger charge is 2.10. The molecule has 0 aliphatic carbocycles. The molecule has 0 amide bonds. The van der Waals surface area contributed by atoms with Crippen molar-refractivity contribution in [3.8, 4) is 0 Å². The second-order valence-corrected chi connectivity index (χ2v) is 3.58. The van der Waals surface area contributed by atoms with Crippen LogP contribution in [0.2, 0.25) is 0 Å². The van der Waals surface area contributed by atoms with E-state index < -0.39 is 0 Å². The Kier molecular flexibility index (Phi) is 3.17. The maximum absolute atomic E-state index is 6.06. The molecule has 3 nitrogen and oxygen atoms in total. The van der Waals surface area contributed by atoms with Crippen LogP contribution in [0.5, 0.6) is 0 Å². The fraction of sp³-hybridized carbons (Fsp3) is 0. The van der Waals surface area contributed by atoms with Crippen molar-refractivity contribution in [2.75, 3.05) is 0 Å². The standard InChI is InChI=1S/C12H10ClN3/c1-9-10(12-4-2-3-6-14-12)8-16-15-7-5-11(9)13/h2-8,16H,1H2/b10-8+,11-5+,15-7-. The first-order chi connectivity index (χ1) is 7.79. The Morgan fingerprint density at radius 3 is 2.94 bits per heavy atom. The van der Waals surface area contributed by atoms with Crippen molar-refractivity contribution in [3.05, 3.63) is 59.6 Å². The predicted octanol–water partition coefficient (Wildman–Crippen LogP) is 2.69. The maximum Gasteiger partial charge on any atom is 0.0723 e. The van der Waals surface area contributed by atoms with Gasteiger partial charge in [0.25, 0.3) is 0 Å². The number of nitrogens with zero attached hydrogens (tertiary/aromatic N) is 2. The van der Waals surface area contributed by atoms with E-state index in [2.05, 4.69) is 22.1 Å². The van der Waals surface area contributed by atoms with E-state index in [1.807, 2.05) is 18.2 Å². The first kappa shape index (κ1) is 10.6. The number of hydrogen-bond acceptors (Lipinski definition) is 3. The van der Waals surface area contributed by atoms with Gasteiger partial charge in [0.15, 0.2) is 0 Å². The van der Waals surface area contributed by atoms with Crippen LogP contribution in [0.1, 0.15) is 5.69 Å². The monoisotopic (exact) mass is 231 g/mol. The van der Waals surface area contributed by atoms with E-state index in [1.54, 1.807) is 24.7 Å². The number of aromatic nitrogens is 1. The molecule has 1 N–H and O–H groups in total. The minimum atomic E-state index is 0.558. The zero-order valence-electron chi connectivity index (χ0n) is 8.52. The van der Waals surface area contributed by atoms with Gasteiger partial charge in [-0.3, -0.25) is 10.4 Å². The topological polar surface area (TPSA) is 37.3 Å². The number of rotatable bonds is 1. The number of hydrogen-bond donors (Lipinski definition) is 1. The SMILES string of the molecule is C=C1/C(Cl)=C\C=N/N/C=C\1c1ccccn1. The fourth-order valence-electron chi connectivity index (χ4n) is 1.31. The Morgan fingerprint density at radius 2 is 2.19 bits per heavy atom. The zero-order valence-corrected chi connectivity index (χ0v) is 9.28. The average molecular weight is 232 g/mol. The van der Waals surface area contributed by atoms with Gasteiger partial charge in [-0.25, -0.2) is 0 Å². The van der Waals surface area contributed by atoms with E-state index in [1.165, 1.54) is 0 Å². The van der Waals surface area contributed by atoms with Gasteiger partial charge in [-0.05, 0) is 23.8 Å². The van der Waals surface area contributed by atoms with Gasteiger partial charge >= 0.3 is 0 Å². The molecule has 2 rings (SSSR count). The molecule has 16 heavy (non-hydrogen) atoms. The van der Waals surface area contributed by atoms with Gasteiger partial charge in [0, 0.05) is 29.2 Å². The summed E-state index contributed by atoms with van der Waals surface area (Å²) >= 11 is 6.06. The molecule has 0 saturated carbocycles. The summed E-state index contributed by atoms with van der Waals surface area (Å²) in [6, 6.07) is 5.67. The summed E-state index contributed by atoms with van der Waals surface area (Å²) in [5.41, 5.74) is 5.15. The third kappa shape index (κ3) is 2.20. The Bertz CT molecular complexity index is 486. The molecule has 1 aliphatic rings. The van der Waals surface area contributed by atoms with Crippen molar-refractivity contribution in [2.45, 2.75) is 0 Å². The molecule has 0 aromatic carbocycles. The molecule has 80 valence electrons. The molecule has 0 spiro atoms. The number of halogens is 1. The predicted molar refractivity (Wildman–Crippen MR) is 66.9 cm³/mol. The van der Waals surface area contributed by atoms with Crippen LogP contribution in [-0.4, -0.2) is 11.2 Å². The largest absolute Gasteiger partial charge is 0.285 e. The smallest absolute Gasteiger partial charge is 0.0723 e. The molecule has 0 bridgehead atoms. The molecule has 0 radical (unpaired) electrons. The molecule has 1 aromatic rings. The minimum Gasteiger partial charge on any atom is -0.285 e. The molecule has 1 aliphatic heterocycles. The third-order valence-corrected chi connectivity index (χ3v) is 2.49. The van der Waals surface area contributed by atoms with Crippen LogP contribution in [0.25, 0.3) is 5.57 Å². The molecule has 0 saturated heterocycles. The Morgan fingerprint density at radius 1 is 1.31 bits per heavy atom. The van der Waals surface area contributed by atoms with Crippen LogP contribution in [0.4, 0.5) is 0 Å². The van der Waals surface area contributed by atoms with Gasteiger partial charge in [0.2, 0.25) is 0 Å². The average Bonchev–Trinajstić information content (AvgIpc) is 2.32. The van der Waals surface area contributed by atoms with Gasteiger partial charge in [-0.2, -0.15) is 5.10 Å². The van der Waals surface area contributed by atoms with Gasteiger partial charge < -0.3 is 0 Å². The van der Waals surface area contributed by atoms with Crippen molar-refractivity contribution >= 4 is 23.4 Å². The van der Waals surface area contributed by atoms with Crippen LogP contribution in [0.15, 0.2) is 59.0 Å². The van der Waals surface area contributed by atoms with Crippen molar-refractivity contribution in [1.82, 2.24) is 10.4 Å². The Hall–Kier alpha value is -1.87. The normalized spacial score (nSPS) is 24.2. The van der Waals surface area contributed by atoms with E-state index in [0.717, 1.165) is 16.8 Å². The number of nitrogens with one attached hydrogen (secondary N) is 1. The summed E-state index contributed by atoms with van der Waals surface area (Å²) in [6.45, 7) is 3.94. The summed E-state index contributed by atoms with van der Waals surface area (Å²) in [7, 11) is 0. The molecule has 0 unspecified atom stereocenters. The summed E-state index contributed by atoms with van der Waals surface area (Å²) in [4.78, 5) is 4.25. The van der Waals surface area contributed by atoms with Gasteiger partial charge in [0.1, 0.15) is 0 Å². The van der Waals surface area contributed by atoms with E-state index in [9.17, 15) is 0 Å². The lowest BCUT2D eigenvalue weighted by molar-refractivity contribution is 0.975. The van der Waals surface area contributed by atoms with E-state index >= 15 is 0 Å². The lowest BCUT2D eigenvalue weighted by atomic mass is 10.0. The fourth-order valence-corrected chi connectivity index (χ4v) is 1.47. The quantitative estimate of drug-likeness (QED) is 0.807. The summed E-state index contributed by atoms with van der Waals surface area (Å²) in [6.07, 6.45) is 6.73. The van der Waals surface area contributed by atoms with Gasteiger partial charge in [0.05, 0.1) is 5.69 Å². The molecule has 0 fully saturated rings. The summed E-state index contributed by atoms with van der Waals surface area (Å²) in [5, 5.41) is 4.47. The highest BCUT2D eigenvalue weighted by atomic mass is 35.5. The highest BCUT2D eigenvalue weighted by molar-refractivity contribution is 6.34. The molecule has 1 aromatic heterocycles. The van der Waals surface area contributed by atoms with Crippen molar-refractivity contribution in [3.63, 3.8) is 0 Å². The van der Waals surface area contributed by atoms with Crippen LogP contribution in [-0.2, 0) is 0 Å². The first-order valence-corrected chi connectivity index (χ1v) is 5.12. The van der Waals surface area contributed by atoms with Crippen LogP contribution < -0.4 is 5.43 Å². The third-order valence-electron chi connectivity index (χ3n) is 2.13. The van der Waals surface area contributed by atoms with Crippen molar-refractivity contribution in [2.24, 2.45) is 5.10 Å². The Labute approximate surface area is 98.8 Å². The van der Waals surface area contributed by atoms with E-state index in [4.69, 9.17) is 11.6 Å². The molecule has 4 heteroatoms. The second kappa shape index (κ2) is 4.77. The zero-order chi connectivity index (χ0) is 11.4. The first-order valence-electron chi connectivity index (χ1n) is 4.74. The summed E-state index contributed by atoms with van der Waals surface area (Å²) in [5.74, 6) is 0. The van der Waals surface area contributed by atoms with Gasteiger partial charge in [-0.1, -0.05) is 24.2 Å². The van der Waals surface area contributed by atoms with Crippen molar-refractivity contribution in [1.29, 1.82) is 0 Å². The lowest BCUT2D eigenvalue weighted by Crippen LogP contribution is -2.02. The summed E-state index contributed by atoms with van der Waals surface area (Å²) < 4.78 is 0. The number of hydrazone groups is 1. The van der Waals surface area contributed by atoms with Crippen LogP contribution in [0, 0.1) is 0 Å².